The molecule has 174 valence electrons. The average molecular weight is 490 g/mol. The van der Waals surface area contributed by atoms with Gasteiger partial charge in [0.1, 0.15) is 10.6 Å². The van der Waals surface area contributed by atoms with E-state index >= 15 is 0 Å². The highest BCUT2D eigenvalue weighted by atomic mass is 32.2. The molecule has 7 nitrogen and oxygen atoms in total. The van der Waals surface area contributed by atoms with Gasteiger partial charge in [0.15, 0.2) is 9.84 Å². The Labute approximate surface area is 186 Å². The van der Waals surface area contributed by atoms with Crippen molar-refractivity contribution in [2.45, 2.75) is 68.1 Å². The number of rotatable bonds is 4. The molecule has 0 bridgehead atoms. The van der Waals surface area contributed by atoms with Crippen molar-refractivity contribution in [3.05, 3.63) is 34.5 Å². The van der Waals surface area contributed by atoms with Crippen molar-refractivity contribution in [2.24, 2.45) is 0 Å². The number of hydrogen-bond donors (Lipinski definition) is 2. The van der Waals surface area contributed by atoms with Gasteiger partial charge in [-0.05, 0) is 52.7 Å². The highest BCUT2D eigenvalue weighted by molar-refractivity contribution is 7.92. The van der Waals surface area contributed by atoms with Gasteiger partial charge < -0.3 is 10.2 Å². The minimum Gasteiger partial charge on any atom is -0.390 e. The summed E-state index contributed by atoms with van der Waals surface area (Å²) in [6, 6.07) is 2.95. The third kappa shape index (κ3) is 3.82. The first kappa shape index (κ1) is 23.1. The molecule has 0 aliphatic heterocycles. The number of nitrogens with zero attached hydrogens (tertiary/aromatic N) is 3. The zero-order valence-electron chi connectivity index (χ0n) is 17.7. The third-order valence-electron chi connectivity index (χ3n) is 5.54. The predicted molar refractivity (Wildman–Crippen MR) is 112 cm³/mol. The van der Waals surface area contributed by atoms with Crippen LogP contribution in [0.3, 0.4) is 0 Å². The molecular weight excluding hydrogens is 467 g/mol. The van der Waals surface area contributed by atoms with Gasteiger partial charge in [-0.25, -0.2) is 17.9 Å². The standard InChI is InChI=1S/C20H22F3N3O4S2/c1-10-15(26-17(24-10)31-16(25-26)18(2,3)27)11-5-6-13(20(21,22)23)14(7-11)32(29,30)12-8-19(4,28)9-12/h5-7,12,27-28H,8-9H2,1-4H3. The maximum Gasteiger partial charge on any atom is 0.417 e. The van der Waals surface area contributed by atoms with E-state index in [4.69, 9.17) is 0 Å². The van der Waals surface area contributed by atoms with Gasteiger partial charge in [-0.1, -0.05) is 17.4 Å². The number of hydrogen-bond acceptors (Lipinski definition) is 7. The van der Waals surface area contributed by atoms with E-state index in [9.17, 15) is 31.8 Å². The second-order valence-corrected chi connectivity index (χ2v) is 12.1. The number of aliphatic hydroxyl groups is 2. The zero-order valence-corrected chi connectivity index (χ0v) is 19.4. The SMILES string of the molecule is Cc1nc2sc(C(C)(C)O)nn2c1-c1ccc(C(F)(F)F)c(S(=O)(=O)C2CC(C)(O)C2)c1. The zero-order chi connectivity index (χ0) is 23.9. The second kappa shape index (κ2) is 6.99. The van der Waals surface area contributed by atoms with Crippen LogP contribution in [0.4, 0.5) is 13.2 Å². The molecule has 0 saturated heterocycles. The van der Waals surface area contributed by atoms with Crippen LogP contribution >= 0.6 is 11.3 Å². The predicted octanol–water partition coefficient (Wildman–Crippen LogP) is 3.70. The Morgan fingerprint density at radius 1 is 1.25 bits per heavy atom. The quantitative estimate of drug-likeness (QED) is 0.579. The van der Waals surface area contributed by atoms with Crippen molar-refractivity contribution < 1.29 is 31.8 Å². The van der Waals surface area contributed by atoms with Crippen LogP contribution in [0.15, 0.2) is 23.1 Å². The molecule has 1 aliphatic rings. The van der Waals surface area contributed by atoms with Crippen LogP contribution in [-0.4, -0.2) is 44.1 Å². The van der Waals surface area contributed by atoms with Crippen molar-refractivity contribution in [1.29, 1.82) is 0 Å². The summed E-state index contributed by atoms with van der Waals surface area (Å²) >= 11 is 1.13. The number of fused-ring (bicyclic) bond motifs is 1. The van der Waals surface area contributed by atoms with E-state index in [-0.39, 0.29) is 18.4 Å². The Morgan fingerprint density at radius 2 is 1.88 bits per heavy atom. The van der Waals surface area contributed by atoms with Crippen LogP contribution in [-0.2, 0) is 21.6 Å². The molecule has 1 aliphatic carbocycles. The van der Waals surface area contributed by atoms with Gasteiger partial charge in [0, 0.05) is 5.56 Å². The topological polar surface area (TPSA) is 105 Å². The Morgan fingerprint density at radius 3 is 2.41 bits per heavy atom. The fourth-order valence-corrected chi connectivity index (χ4v) is 7.13. The molecular formula is C20H22F3N3O4S2. The lowest BCUT2D eigenvalue weighted by Gasteiger charge is -2.40. The van der Waals surface area contributed by atoms with Gasteiger partial charge in [-0.3, -0.25) is 0 Å². The monoisotopic (exact) mass is 489 g/mol. The molecule has 2 aromatic heterocycles. The van der Waals surface area contributed by atoms with Crippen LogP contribution in [0.1, 0.15) is 49.9 Å². The summed E-state index contributed by atoms with van der Waals surface area (Å²) in [5.74, 6) is 0. The third-order valence-corrected chi connectivity index (χ3v) is 8.93. The van der Waals surface area contributed by atoms with Crippen LogP contribution in [0.5, 0.6) is 0 Å². The molecule has 0 radical (unpaired) electrons. The highest BCUT2D eigenvalue weighted by Gasteiger charge is 2.49. The van der Waals surface area contributed by atoms with Crippen molar-refractivity contribution in [3.8, 4) is 11.3 Å². The number of halogens is 3. The van der Waals surface area contributed by atoms with Crippen molar-refractivity contribution in [2.75, 3.05) is 0 Å². The van der Waals surface area contributed by atoms with E-state index in [2.05, 4.69) is 10.1 Å². The number of aryl methyl sites for hydroxylation is 1. The molecule has 0 spiro atoms. The Hall–Kier alpha value is -2.02. The van der Waals surface area contributed by atoms with Gasteiger partial charge in [-0.2, -0.15) is 18.3 Å². The largest absolute Gasteiger partial charge is 0.417 e. The normalized spacial score (nSPS) is 22.3. The van der Waals surface area contributed by atoms with Crippen molar-refractivity contribution >= 4 is 26.1 Å². The minimum absolute atomic E-state index is 0.131. The molecule has 2 N–H and O–H groups in total. The van der Waals surface area contributed by atoms with E-state index in [1.54, 1.807) is 20.8 Å². The summed E-state index contributed by atoms with van der Waals surface area (Å²) in [5, 5.41) is 23.8. The van der Waals surface area contributed by atoms with Gasteiger partial charge in [-0.15, -0.1) is 0 Å². The summed E-state index contributed by atoms with van der Waals surface area (Å²) in [5.41, 5.74) is -2.69. The molecule has 2 heterocycles. The molecule has 0 unspecified atom stereocenters. The molecule has 3 aromatic rings. The molecule has 1 saturated carbocycles. The smallest absolute Gasteiger partial charge is 0.390 e. The maximum absolute atomic E-state index is 13.7. The molecule has 12 heteroatoms. The Bertz CT molecular complexity index is 1310. The van der Waals surface area contributed by atoms with E-state index in [0.717, 1.165) is 23.5 Å². The second-order valence-electron chi connectivity index (χ2n) is 8.99. The van der Waals surface area contributed by atoms with E-state index in [0.29, 0.717) is 21.4 Å². The fraction of sp³-hybridized carbons (Fsp3) is 0.500. The van der Waals surface area contributed by atoms with Crippen LogP contribution in [0.2, 0.25) is 0 Å². The fourth-order valence-electron chi connectivity index (χ4n) is 3.89. The van der Waals surface area contributed by atoms with Gasteiger partial charge >= 0.3 is 6.18 Å². The number of aromatic nitrogens is 3. The molecule has 32 heavy (non-hydrogen) atoms. The van der Waals surface area contributed by atoms with Gasteiger partial charge in [0.2, 0.25) is 4.96 Å². The summed E-state index contributed by atoms with van der Waals surface area (Å²) in [6.45, 7) is 6.20. The Balaban J connectivity index is 1.90. The van der Waals surface area contributed by atoms with E-state index in [1.807, 2.05) is 0 Å². The summed E-state index contributed by atoms with van der Waals surface area (Å²) in [4.78, 5) is 3.97. The van der Waals surface area contributed by atoms with Crippen LogP contribution < -0.4 is 0 Å². The lowest BCUT2D eigenvalue weighted by atomic mass is 9.82. The molecule has 1 aromatic carbocycles. The number of imidazole rings is 1. The summed E-state index contributed by atoms with van der Waals surface area (Å²) in [6.07, 6.45) is -5.13. The van der Waals surface area contributed by atoms with Crippen LogP contribution in [0, 0.1) is 6.92 Å². The first-order valence-electron chi connectivity index (χ1n) is 9.78. The average Bonchev–Trinajstić information content (AvgIpc) is 3.14. The lowest BCUT2D eigenvalue weighted by molar-refractivity contribution is -0.139. The molecule has 0 amide bonds. The highest BCUT2D eigenvalue weighted by Crippen LogP contribution is 2.44. The molecule has 4 rings (SSSR count). The van der Waals surface area contributed by atoms with E-state index < -0.39 is 42.9 Å². The lowest BCUT2D eigenvalue weighted by Crippen LogP contribution is -2.48. The number of sulfone groups is 1. The van der Waals surface area contributed by atoms with Gasteiger partial charge in [0.25, 0.3) is 0 Å². The first-order chi connectivity index (χ1) is 14.5. The van der Waals surface area contributed by atoms with Crippen LogP contribution in [0.25, 0.3) is 16.2 Å². The first-order valence-corrected chi connectivity index (χ1v) is 12.1. The van der Waals surface area contributed by atoms with Crippen molar-refractivity contribution in [3.63, 3.8) is 0 Å². The minimum atomic E-state index is -4.87. The summed E-state index contributed by atoms with van der Waals surface area (Å²) in [7, 11) is -4.35. The molecule has 1 fully saturated rings. The number of benzene rings is 1. The summed E-state index contributed by atoms with van der Waals surface area (Å²) < 4.78 is 68.7. The Kier molecular flexibility index (Phi) is 5.06. The number of alkyl halides is 3. The van der Waals surface area contributed by atoms with Gasteiger partial charge in [0.05, 0.1) is 32.7 Å². The van der Waals surface area contributed by atoms with E-state index in [1.165, 1.54) is 17.5 Å². The maximum atomic E-state index is 13.7. The molecule has 0 atom stereocenters. The van der Waals surface area contributed by atoms with Crippen molar-refractivity contribution in [1.82, 2.24) is 14.6 Å².